The van der Waals surface area contributed by atoms with Crippen molar-refractivity contribution in [3.05, 3.63) is 0 Å². The van der Waals surface area contributed by atoms with Crippen molar-refractivity contribution >= 4 is 5.91 Å². The predicted molar refractivity (Wildman–Crippen MR) is 70.2 cm³/mol. The Morgan fingerprint density at radius 1 is 1.20 bits per heavy atom. The fourth-order valence-electron chi connectivity index (χ4n) is 3.13. The number of halogens is 3. The molecule has 116 valence electrons. The van der Waals surface area contributed by atoms with Gasteiger partial charge in [0.25, 0.3) is 0 Å². The van der Waals surface area contributed by atoms with E-state index in [2.05, 4.69) is 5.32 Å². The van der Waals surface area contributed by atoms with Gasteiger partial charge in [-0.15, -0.1) is 0 Å². The minimum atomic E-state index is -4.17. The van der Waals surface area contributed by atoms with Gasteiger partial charge in [0.15, 0.2) is 0 Å². The molecule has 2 heterocycles. The summed E-state index contributed by atoms with van der Waals surface area (Å²) in [7, 11) is 0. The highest BCUT2D eigenvalue weighted by molar-refractivity contribution is 5.76. The number of carbonyl (C=O) groups is 1. The van der Waals surface area contributed by atoms with Crippen LogP contribution < -0.4 is 5.32 Å². The van der Waals surface area contributed by atoms with E-state index in [1.54, 1.807) is 0 Å². The van der Waals surface area contributed by atoms with Crippen molar-refractivity contribution < 1.29 is 18.0 Å². The third-order valence-electron chi connectivity index (χ3n) is 4.46. The van der Waals surface area contributed by atoms with Crippen molar-refractivity contribution in [2.45, 2.75) is 44.7 Å². The van der Waals surface area contributed by atoms with Crippen molar-refractivity contribution in [3.63, 3.8) is 0 Å². The first-order valence-corrected chi connectivity index (χ1v) is 7.52. The van der Waals surface area contributed by atoms with Gasteiger partial charge in [-0.1, -0.05) is 0 Å². The van der Waals surface area contributed by atoms with Crippen LogP contribution in [0.5, 0.6) is 0 Å². The number of hydrogen-bond donors (Lipinski definition) is 1. The van der Waals surface area contributed by atoms with Crippen LogP contribution >= 0.6 is 0 Å². The number of nitrogens with one attached hydrogen (secondary N) is 1. The first kappa shape index (κ1) is 15.6. The molecule has 0 aromatic heterocycles. The van der Waals surface area contributed by atoms with Gasteiger partial charge < -0.3 is 10.2 Å². The average molecular weight is 292 g/mol. The lowest BCUT2D eigenvalue weighted by Gasteiger charge is -2.34. The van der Waals surface area contributed by atoms with Crippen LogP contribution in [0.25, 0.3) is 0 Å². The maximum absolute atomic E-state index is 12.7. The zero-order chi connectivity index (χ0) is 14.6. The molecule has 1 amide bonds. The number of amides is 1. The number of rotatable bonds is 3. The molecule has 0 spiro atoms. The molecule has 1 N–H and O–H groups in total. The molecule has 2 aliphatic rings. The SMILES string of the molecule is O=C(CCC1CCNCC1)N1CCCC(C(F)(F)F)C1. The lowest BCUT2D eigenvalue weighted by atomic mass is 9.92. The summed E-state index contributed by atoms with van der Waals surface area (Å²) in [5.74, 6) is -0.889. The second-order valence-corrected chi connectivity index (χ2v) is 5.95. The molecule has 0 saturated carbocycles. The molecule has 2 aliphatic heterocycles. The maximum atomic E-state index is 12.7. The molecule has 0 radical (unpaired) electrons. The van der Waals surface area contributed by atoms with E-state index >= 15 is 0 Å². The van der Waals surface area contributed by atoms with Gasteiger partial charge in [-0.3, -0.25) is 4.79 Å². The lowest BCUT2D eigenvalue weighted by Crippen LogP contribution is -2.44. The summed E-state index contributed by atoms with van der Waals surface area (Å²) in [6, 6.07) is 0. The van der Waals surface area contributed by atoms with Crippen molar-refractivity contribution in [3.8, 4) is 0 Å². The van der Waals surface area contributed by atoms with Gasteiger partial charge in [-0.25, -0.2) is 0 Å². The maximum Gasteiger partial charge on any atom is 0.393 e. The second kappa shape index (κ2) is 6.78. The molecule has 3 nitrogen and oxygen atoms in total. The highest BCUT2D eigenvalue weighted by Gasteiger charge is 2.42. The van der Waals surface area contributed by atoms with Gasteiger partial charge in [-0.2, -0.15) is 13.2 Å². The second-order valence-electron chi connectivity index (χ2n) is 5.95. The van der Waals surface area contributed by atoms with E-state index < -0.39 is 12.1 Å². The number of alkyl halides is 3. The topological polar surface area (TPSA) is 32.3 Å². The van der Waals surface area contributed by atoms with Crippen molar-refractivity contribution in [1.82, 2.24) is 10.2 Å². The van der Waals surface area contributed by atoms with Gasteiger partial charge in [0.1, 0.15) is 0 Å². The predicted octanol–water partition coefficient (Wildman–Crippen LogP) is 2.57. The van der Waals surface area contributed by atoms with E-state index in [0.717, 1.165) is 32.4 Å². The third-order valence-corrected chi connectivity index (χ3v) is 4.46. The Bertz CT molecular complexity index is 327. The van der Waals surface area contributed by atoms with Crippen molar-refractivity contribution in [1.29, 1.82) is 0 Å². The van der Waals surface area contributed by atoms with E-state index in [4.69, 9.17) is 0 Å². The molecular formula is C14H23F3N2O. The van der Waals surface area contributed by atoms with Crippen LogP contribution in [-0.4, -0.2) is 43.2 Å². The molecule has 0 bridgehead atoms. The number of likely N-dealkylation sites (tertiary alicyclic amines) is 1. The largest absolute Gasteiger partial charge is 0.393 e. The molecule has 6 heteroatoms. The summed E-state index contributed by atoms with van der Waals surface area (Å²) in [4.78, 5) is 13.5. The Hall–Kier alpha value is -0.780. The summed E-state index contributed by atoms with van der Waals surface area (Å²) in [5.41, 5.74) is 0. The smallest absolute Gasteiger partial charge is 0.342 e. The van der Waals surface area contributed by atoms with Crippen LogP contribution in [0.4, 0.5) is 13.2 Å². The molecule has 0 aliphatic carbocycles. The summed E-state index contributed by atoms with van der Waals surface area (Å²) in [6.45, 7) is 2.31. The van der Waals surface area contributed by atoms with Gasteiger partial charge >= 0.3 is 6.18 Å². The molecule has 2 fully saturated rings. The van der Waals surface area contributed by atoms with Crippen molar-refractivity contribution in [2.24, 2.45) is 11.8 Å². The minimum Gasteiger partial charge on any atom is -0.342 e. The van der Waals surface area contributed by atoms with E-state index in [-0.39, 0.29) is 18.9 Å². The van der Waals surface area contributed by atoms with E-state index in [1.807, 2.05) is 0 Å². The molecule has 2 saturated heterocycles. The van der Waals surface area contributed by atoms with E-state index in [1.165, 1.54) is 4.90 Å². The molecule has 2 rings (SSSR count). The van der Waals surface area contributed by atoms with Crippen LogP contribution in [0.1, 0.15) is 38.5 Å². The Balaban J connectivity index is 1.76. The van der Waals surface area contributed by atoms with Crippen LogP contribution in [0.2, 0.25) is 0 Å². The van der Waals surface area contributed by atoms with Crippen LogP contribution in [0, 0.1) is 11.8 Å². The monoisotopic (exact) mass is 292 g/mol. The summed E-state index contributed by atoms with van der Waals surface area (Å²) in [6.07, 6.45) is -0.210. The molecule has 20 heavy (non-hydrogen) atoms. The zero-order valence-electron chi connectivity index (χ0n) is 11.7. The van der Waals surface area contributed by atoms with Gasteiger partial charge in [-0.05, 0) is 51.1 Å². The quantitative estimate of drug-likeness (QED) is 0.867. The average Bonchev–Trinajstić information content (AvgIpc) is 2.45. The first-order valence-electron chi connectivity index (χ1n) is 7.52. The van der Waals surface area contributed by atoms with Gasteiger partial charge in [0.05, 0.1) is 5.92 Å². The first-order chi connectivity index (χ1) is 9.47. The zero-order valence-corrected chi connectivity index (χ0v) is 11.7. The highest BCUT2D eigenvalue weighted by Crippen LogP contribution is 2.33. The van der Waals surface area contributed by atoms with Crippen LogP contribution in [-0.2, 0) is 4.79 Å². The van der Waals surface area contributed by atoms with E-state index in [9.17, 15) is 18.0 Å². The molecule has 0 aromatic rings. The number of hydrogen-bond acceptors (Lipinski definition) is 2. The molecular weight excluding hydrogens is 269 g/mol. The van der Waals surface area contributed by atoms with Gasteiger partial charge in [0.2, 0.25) is 5.91 Å². The van der Waals surface area contributed by atoms with Crippen molar-refractivity contribution in [2.75, 3.05) is 26.2 Å². The molecule has 1 atom stereocenters. The van der Waals surface area contributed by atoms with Crippen LogP contribution in [0.15, 0.2) is 0 Å². The number of carbonyl (C=O) groups excluding carboxylic acids is 1. The standard InChI is InChI=1S/C14H23F3N2O/c15-14(16,17)12-2-1-9-19(10-12)13(20)4-3-11-5-7-18-8-6-11/h11-12,18H,1-10H2. The summed E-state index contributed by atoms with van der Waals surface area (Å²) in [5, 5.41) is 3.27. The number of nitrogens with zero attached hydrogens (tertiary/aromatic N) is 1. The lowest BCUT2D eigenvalue weighted by molar-refractivity contribution is -0.188. The van der Waals surface area contributed by atoms with Gasteiger partial charge in [0, 0.05) is 19.5 Å². The Kier molecular flexibility index (Phi) is 5.29. The minimum absolute atomic E-state index is 0.0996. The fraction of sp³-hybridized carbons (Fsp3) is 0.929. The normalized spacial score (nSPS) is 25.8. The Morgan fingerprint density at radius 3 is 2.55 bits per heavy atom. The molecule has 1 unspecified atom stereocenters. The van der Waals surface area contributed by atoms with Crippen LogP contribution in [0.3, 0.4) is 0 Å². The third kappa shape index (κ3) is 4.36. The Labute approximate surface area is 117 Å². The summed E-state index contributed by atoms with van der Waals surface area (Å²) < 4.78 is 38.1. The number of piperidine rings is 2. The van der Waals surface area contributed by atoms with E-state index in [0.29, 0.717) is 25.3 Å². The fourth-order valence-corrected chi connectivity index (χ4v) is 3.13. The summed E-state index contributed by atoms with van der Waals surface area (Å²) >= 11 is 0. The molecule has 0 aromatic carbocycles. The highest BCUT2D eigenvalue weighted by atomic mass is 19.4. The Morgan fingerprint density at radius 2 is 1.90 bits per heavy atom.